The molecule has 0 saturated carbocycles. The number of carbonyl (C=O) groups is 1. The lowest BCUT2D eigenvalue weighted by Crippen LogP contribution is -2.39. The molecule has 1 saturated heterocycles. The third-order valence-electron chi connectivity index (χ3n) is 7.38. The Morgan fingerprint density at radius 1 is 1.08 bits per heavy atom. The number of hydrogen-bond acceptors (Lipinski definition) is 7. The fourth-order valence-corrected chi connectivity index (χ4v) is 6.93. The number of amides is 1. The second-order valence-corrected chi connectivity index (χ2v) is 12.8. The zero-order valence-corrected chi connectivity index (χ0v) is 24.6. The highest BCUT2D eigenvalue weighted by molar-refractivity contribution is 7.89. The second kappa shape index (κ2) is 12.2. The molecule has 0 N–H and O–H groups in total. The van der Waals surface area contributed by atoms with Crippen LogP contribution in [0.25, 0.3) is 10.2 Å². The molecule has 2 aromatic carbocycles. The monoisotopic (exact) mass is 558 g/mol. The van der Waals surface area contributed by atoms with Gasteiger partial charge in [-0.25, -0.2) is 13.4 Å². The van der Waals surface area contributed by atoms with Gasteiger partial charge in [0.25, 0.3) is 5.91 Å². The lowest BCUT2D eigenvalue weighted by Gasteiger charge is -2.25. The fourth-order valence-electron chi connectivity index (χ4n) is 4.67. The van der Waals surface area contributed by atoms with Crippen LogP contribution < -0.4 is 4.90 Å². The van der Waals surface area contributed by atoms with E-state index in [2.05, 4.69) is 44.7 Å². The van der Waals surface area contributed by atoms with E-state index in [-0.39, 0.29) is 16.9 Å². The molecular weight excluding hydrogens is 520 g/mol. The number of rotatable bonds is 11. The smallest absolute Gasteiger partial charge is 0.260 e. The molecule has 1 aromatic heterocycles. The molecule has 1 aliphatic heterocycles. The van der Waals surface area contributed by atoms with Crippen LogP contribution in [0, 0.1) is 13.8 Å². The first-order chi connectivity index (χ1) is 18.1. The molecule has 1 unspecified atom stereocenters. The van der Waals surface area contributed by atoms with E-state index in [1.165, 1.54) is 27.8 Å². The van der Waals surface area contributed by atoms with Crippen LogP contribution in [0.1, 0.15) is 48.2 Å². The number of fused-ring (bicyclic) bond motifs is 1. The van der Waals surface area contributed by atoms with E-state index < -0.39 is 10.0 Å². The van der Waals surface area contributed by atoms with Crippen molar-refractivity contribution in [3.8, 4) is 0 Å². The first kappa shape index (κ1) is 28.6. The Balaban J connectivity index is 1.60. The third kappa shape index (κ3) is 6.10. The van der Waals surface area contributed by atoms with Crippen molar-refractivity contribution >= 4 is 42.6 Å². The van der Waals surface area contributed by atoms with Crippen molar-refractivity contribution < 1.29 is 17.9 Å². The number of aromatic nitrogens is 1. The number of anilines is 1. The molecule has 0 radical (unpaired) electrons. The van der Waals surface area contributed by atoms with Crippen LogP contribution >= 0.6 is 11.3 Å². The lowest BCUT2D eigenvalue weighted by atomic mass is 10.1. The number of likely N-dealkylation sites (N-methyl/N-ethyl adjacent to an activating group) is 2. The van der Waals surface area contributed by atoms with Crippen LogP contribution in [0.4, 0.5) is 5.13 Å². The van der Waals surface area contributed by atoms with Gasteiger partial charge in [0, 0.05) is 38.9 Å². The minimum absolute atomic E-state index is 0.0729. The van der Waals surface area contributed by atoms with Crippen LogP contribution in [0.2, 0.25) is 0 Å². The van der Waals surface area contributed by atoms with Crippen molar-refractivity contribution in [3.63, 3.8) is 0 Å². The average molecular weight is 559 g/mol. The van der Waals surface area contributed by atoms with Gasteiger partial charge in [0.1, 0.15) is 0 Å². The van der Waals surface area contributed by atoms with Gasteiger partial charge in [-0.15, -0.1) is 0 Å². The van der Waals surface area contributed by atoms with Gasteiger partial charge in [0.15, 0.2) is 5.13 Å². The molecule has 0 spiro atoms. The van der Waals surface area contributed by atoms with E-state index in [9.17, 15) is 13.2 Å². The first-order valence-corrected chi connectivity index (χ1v) is 15.5. The molecule has 1 aliphatic rings. The molecule has 1 fully saturated rings. The van der Waals surface area contributed by atoms with Crippen molar-refractivity contribution in [2.75, 3.05) is 51.3 Å². The number of nitrogens with zero attached hydrogens (tertiary/aromatic N) is 4. The Bertz CT molecular complexity index is 1360. The van der Waals surface area contributed by atoms with E-state index in [4.69, 9.17) is 9.72 Å². The molecule has 38 heavy (non-hydrogen) atoms. The normalized spacial score (nSPS) is 16.1. The highest BCUT2D eigenvalue weighted by Crippen LogP contribution is 2.33. The third-order valence-corrected chi connectivity index (χ3v) is 10.3. The number of ether oxygens (including phenoxy) is 1. The first-order valence-electron chi connectivity index (χ1n) is 13.2. The largest absolute Gasteiger partial charge is 0.377 e. The fraction of sp³-hybridized carbons (Fsp3) is 0.500. The van der Waals surface area contributed by atoms with Crippen LogP contribution in [0.15, 0.2) is 41.3 Å². The molecule has 206 valence electrons. The van der Waals surface area contributed by atoms with Gasteiger partial charge in [-0.3, -0.25) is 9.69 Å². The SMILES string of the molecule is CCN(CC)CCN(C(=O)c1ccc(S(=O)(=O)N(C)CC2CCCO2)cc1)c1nc2c(C)c(C)ccc2s1. The predicted molar refractivity (Wildman–Crippen MR) is 154 cm³/mol. The Morgan fingerprint density at radius 2 is 1.79 bits per heavy atom. The Kier molecular flexibility index (Phi) is 9.20. The number of thiazole rings is 1. The summed E-state index contributed by atoms with van der Waals surface area (Å²) in [5.74, 6) is -0.192. The van der Waals surface area contributed by atoms with Gasteiger partial charge >= 0.3 is 0 Å². The zero-order valence-electron chi connectivity index (χ0n) is 22.9. The van der Waals surface area contributed by atoms with Gasteiger partial charge in [0.05, 0.1) is 21.2 Å². The highest BCUT2D eigenvalue weighted by atomic mass is 32.2. The van der Waals surface area contributed by atoms with E-state index in [1.807, 2.05) is 0 Å². The molecule has 0 aliphatic carbocycles. The zero-order chi connectivity index (χ0) is 27.4. The number of sulfonamides is 1. The second-order valence-electron chi connectivity index (χ2n) is 9.78. The molecule has 4 rings (SSSR count). The summed E-state index contributed by atoms with van der Waals surface area (Å²) in [6.45, 7) is 12.3. The van der Waals surface area contributed by atoms with Crippen molar-refractivity contribution in [3.05, 3.63) is 53.1 Å². The van der Waals surface area contributed by atoms with Crippen LogP contribution in [-0.2, 0) is 14.8 Å². The van der Waals surface area contributed by atoms with Gasteiger partial charge < -0.3 is 9.64 Å². The molecular formula is C28H38N4O4S2. The summed E-state index contributed by atoms with van der Waals surface area (Å²) >= 11 is 1.51. The summed E-state index contributed by atoms with van der Waals surface area (Å²) < 4.78 is 34.2. The van der Waals surface area contributed by atoms with Crippen molar-refractivity contribution in [1.82, 2.24) is 14.2 Å². The molecule has 10 heteroatoms. The summed E-state index contributed by atoms with van der Waals surface area (Å²) in [6, 6.07) is 10.4. The molecule has 1 atom stereocenters. The maximum Gasteiger partial charge on any atom is 0.260 e. The molecule has 0 bridgehead atoms. The number of hydrogen-bond donors (Lipinski definition) is 0. The van der Waals surface area contributed by atoms with Gasteiger partial charge in [-0.1, -0.05) is 31.3 Å². The minimum Gasteiger partial charge on any atom is -0.377 e. The Labute approximate surface area is 230 Å². The highest BCUT2D eigenvalue weighted by Gasteiger charge is 2.27. The van der Waals surface area contributed by atoms with E-state index in [0.717, 1.165) is 47.3 Å². The van der Waals surface area contributed by atoms with E-state index >= 15 is 0 Å². The Hall–Kier alpha value is -2.37. The quantitative estimate of drug-likeness (QED) is 0.339. The summed E-state index contributed by atoms with van der Waals surface area (Å²) in [7, 11) is -2.11. The molecule has 3 aromatic rings. The summed E-state index contributed by atoms with van der Waals surface area (Å²) in [5.41, 5.74) is 3.62. The van der Waals surface area contributed by atoms with Gasteiger partial charge in [-0.05, 0) is 81.2 Å². The van der Waals surface area contributed by atoms with E-state index in [1.54, 1.807) is 24.1 Å². The summed E-state index contributed by atoms with van der Waals surface area (Å²) in [5, 5.41) is 0.652. The van der Waals surface area contributed by atoms with Gasteiger partial charge in [0.2, 0.25) is 10.0 Å². The molecule has 8 nitrogen and oxygen atoms in total. The summed E-state index contributed by atoms with van der Waals surface area (Å²) in [4.78, 5) is 22.8. The standard InChI is InChI=1S/C28H38N4O4S2/c1-6-31(7-2)16-17-32(28-29-26-21(4)20(3)10-15-25(26)37-28)27(33)22-11-13-24(14-12-22)38(34,35)30(5)19-23-9-8-18-36-23/h10-15,23H,6-9,16-19H2,1-5H3. The number of aryl methyl sites for hydroxylation is 2. The van der Waals surface area contributed by atoms with Crippen molar-refractivity contribution in [1.29, 1.82) is 0 Å². The maximum absolute atomic E-state index is 13.8. The van der Waals surface area contributed by atoms with Crippen LogP contribution in [0.5, 0.6) is 0 Å². The van der Waals surface area contributed by atoms with Crippen molar-refractivity contribution in [2.45, 2.75) is 51.5 Å². The summed E-state index contributed by atoms with van der Waals surface area (Å²) in [6.07, 6.45) is 1.74. The minimum atomic E-state index is -3.68. The van der Waals surface area contributed by atoms with Crippen LogP contribution in [-0.4, -0.2) is 81.0 Å². The lowest BCUT2D eigenvalue weighted by molar-refractivity contribution is 0.0978. The molecule has 1 amide bonds. The predicted octanol–water partition coefficient (Wildman–Crippen LogP) is 4.70. The maximum atomic E-state index is 13.8. The number of benzene rings is 2. The van der Waals surface area contributed by atoms with Crippen LogP contribution in [0.3, 0.4) is 0 Å². The molecule has 2 heterocycles. The average Bonchev–Trinajstić information content (AvgIpc) is 3.59. The topological polar surface area (TPSA) is 83.1 Å². The Morgan fingerprint density at radius 3 is 2.42 bits per heavy atom. The van der Waals surface area contributed by atoms with E-state index in [0.29, 0.717) is 36.9 Å². The number of carbonyl (C=O) groups excluding carboxylic acids is 1. The van der Waals surface area contributed by atoms with Crippen molar-refractivity contribution in [2.24, 2.45) is 0 Å². The van der Waals surface area contributed by atoms with Gasteiger partial charge in [-0.2, -0.15) is 4.31 Å².